The molecular formula is C18H22N4OS. The highest BCUT2D eigenvalue weighted by molar-refractivity contribution is 7.98. The third kappa shape index (κ3) is 4.49. The van der Waals surface area contributed by atoms with Gasteiger partial charge in [-0.3, -0.25) is 9.69 Å². The van der Waals surface area contributed by atoms with E-state index in [-0.39, 0.29) is 5.91 Å². The van der Waals surface area contributed by atoms with Crippen LogP contribution < -0.4 is 10.2 Å². The highest BCUT2D eigenvalue weighted by atomic mass is 32.2. The van der Waals surface area contributed by atoms with Gasteiger partial charge in [-0.05, 0) is 42.7 Å². The van der Waals surface area contributed by atoms with Gasteiger partial charge in [-0.25, -0.2) is 4.98 Å². The van der Waals surface area contributed by atoms with Crippen molar-refractivity contribution in [3.8, 4) is 0 Å². The first-order valence-electron chi connectivity index (χ1n) is 8.07. The summed E-state index contributed by atoms with van der Waals surface area (Å²) in [5.74, 6) is 1.05. The Morgan fingerprint density at radius 1 is 1.12 bits per heavy atom. The number of nitrogens with one attached hydrogen (secondary N) is 1. The van der Waals surface area contributed by atoms with E-state index in [2.05, 4.69) is 20.1 Å². The molecule has 0 unspecified atom stereocenters. The van der Waals surface area contributed by atoms with E-state index in [9.17, 15) is 4.79 Å². The molecule has 1 aromatic heterocycles. The molecule has 24 heavy (non-hydrogen) atoms. The third-order valence-electron chi connectivity index (χ3n) is 4.09. The van der Waals surface area contributed by atoms with Crippen LogP contribution in [0.2, 0.25) is 0 Å². The number of pyridine rings is 1. The molecule has 5 nitrogen and oxygen atoms in total. The van der Waals surface area contributed by atoms with Crippen molar-refractivity contribution in [1.29, 1.82) is 0 Å². The van der Waals surface area contributed by atoms with Crippen molar-refractivity contribution in [2.45, 2.75) is 4.90 Å². The van der Waals surface area contributed by atoms with E-state index in [1.807, 2.05) is 54.9 Å². The van der Waals surface area contributed by atoms with E-state index in [0.29, 0.717) is 6.54 Å². The number of piperazine rings is 1. The van der Waals surface area contributed by atoms with Crippen LogP contribution in [0, 0.1) is 0 Å². The van der Waals surface area contributed by atoms with Gasteiger partial charge in [-0.15, -0.1) is 11.8 Å². The van der Waals surface area contributed by atoms with Gasteiger partial charge in [-0.2, -0.15) is 0 Å². The number of anilines is 2. The minimum absolute atomic E-state index is 0.0400. The fourth-order valence-electron chi connectivity index (χ4n) is 2.75. The lowest BCUT2D eigenvalue weighted by Crippen LogP contribution is -2.48. The number of rotatable bonds is 5. The fraction of sp³-hybridized carbons (Fsp3) is 0.333. The molecule has 0 spiro atoms. The van der Waals surface area contributed by atoms with Crippen molar-refractivity contribution in [2.24, 2.45) is 0 Å². The lowest BCUT2D eigenvalue weighted by atomic mass is 10.3. The topological polar surface area (TPSA) is 48.5 Å². The molecule has 2 aromatic rings. The first-order chi connectivity index (χ1) is 11.7. The lowest BCUT2D eigenvalue weighted by molar-refractivity contribution is -0.117. The van der Waals surface area contributed by atoms with Gasteiger partial charge >= 0.3 is 0 Å². The molecule has 3 rings (SSSR count). The maximum absolute atomic E-state index is 12.2. The number of benzene rings is 1. The van der Waals surface area contributed by atoms with Crippen LogP contribution in [0.3, 0.4) is 0 Å². The second-order valence-corrected chi connectivity index (χ2v) is 6.61. The largest absolute Gasteiger partial charge is 0.354 e. The van der Waals surface area contributed by atoms with Gasteiger partial charge in [0.1, 0.15) is 5.82 Å². The smallest absolute Gasteiger partial charge is 0.238 e. The van der Waals surface area contributed by atoms with Gasteiger partial charge in [0.25, 0.3) is 0 Å². The van der Waals surface area contributed by atoms with Crippen molar-refractivity contribution in [3.05, 3.63) is 48.7 Å². The molecule has 1 aromatic carbocycles. The average molecular weight is 342 g/mol. The zero-order chi connectivity index (χ0) is 16.8. The van der Waals surface area contributed by atoms with Crippen LogP contribution in [-0.4, -0.2) is 54.8 Å². The van der Waals surface area contributed by atoms with Crippen LogP contribution in [0.1, 0.15) is 0 Å². The van der Waals surface area contributed by atoms with Crippen LogP contribution in [0.25, 0.3) is 0 Å². The summed E-state index contributed by atoms with van der Waals surface area (Å²) in [6, 6.07) is 13.9. The van der Waals surface area contributed by atoms with E-state index >= 15 is 0 Å². The van der Waals surface area contributed by atoms with E-state index in [1.165, 1.54) is 4.90 Å². The summed E-state index contributed by atoms with van der Waals surface area (Å²) in [7, 11) is 0. The van der Waals surface area contributed by atoms with Crippen molar-refractivity contribution < 1.29 is 4.79 Å². The third-order valence-corrected chi connectivity index (χ3v) is 4.83. The van der Waals surface area contributed by atoms with Gasteiger partial charge in [-0.1, -0.05) is 6.07 Å². The Kier molecular flexibility index (Phi) is 5.72. The summed E-state index contributed by atoms with van der Waals surface area (Å²) in [6.07, 6.45) is 3.86. The molecule has 1 N–H and O–H groups in total. The number of amides is 1. The maximum atomic E-state index is 12.2. The summed E-state index contributed by atoms with van der Waals surface area (Å²) in [4.78, 5) is 22.2. The Balaban J connectivity index is 1.46. The van der Waals surface area contributed by atoms with Gasteiger partial charge < -0.3 is 10.2 Å². The molecule has 0 radical (unpaired) electrons. The predicted molar refractivity (Wildman–Crippen MR) is 99.7 cm³/mol. The zero-order valence-electron chi connectivity index (χ0n) is 13.8. The maximum Gasteiger partial charge on any atom is 0.238 e. The normalized spacial score (nSPS) is 15.3. The van der Waals surface area contributed by atoms with E-state index in [1.54, 1.807) is 11.8 Å². The highest BCUT2D eigenvalue weighted by Gasteiger charge is 2.19. The Bertz CT molecular complexity index is 654. The minimum atomic E-state index is 0.0400. The van der Waals surface area contributed by atoms with Crippen LogP contribution in [0.5, 0.6) is 0 Å². The van der Waals surface area contributed by atoms with E-state index in [0.717, 1.165) is 37.7 Å². The molecule has 1 aliphatic rings. The van der Waals surface area contributed by atoms with Gasteiger partial charge in [0, 0.05) is 43.0 Å². The summed E-state index contributed by atoms with van der Waals surface area (Å²) in [6.45, 7) is 3.96. The number of hydrogen-bond acceptors (Lipinski definition) is 5. The Morgan fingerprint density at radius 2 is 1.88 bits per heavy atom. The summed E-state index contributed by atoms with van der Waals surface area (Å²) in [5.41, 5.74) is 0.852. The molecule has 6 heteroatoms. The molecule has 126 valence electrons. The number of carbonyl (C=O) groups excluding carboxylic acids is 1. The quantitative estimate of drug-likeness (QED) is 0.847. The van der Waals surface area contributed by atoms with Crippen molar-refractivity contribution in [3.63, 3.8) is 0 Å². The van der Waals surface area contributed by atoms with Crippen LogP contribution in [0.15, 0.2) is 53.6 Å². The molecule has 1 saturated heterocycles. The lowest BCUT2D eigenvalue weighted by Gasteiger charge is -2.34. The molecule has 0 atom stereocenters. The van der Waals surface area contributed by atoms with Crippen LogP contribution in [-0.2, 0) is 4.79 Å². The zero-order valence-corrected chi connectivity index (χ0v) is 14.6. The first kappa shape index (κ1) is 16.8. The molecule has 2 heterocycles. The second kappa shape index (κ2) is 8.17. The van der Waals surface area contributed by atoms with Crippen LogP contribution >= 0.6 is 11.8 Å². The number of aromatic nitrogens is 1. The van der Waals surface area contributed by atoms with Crippen molar-refractivity contribution in [2.75, 3.05) is 49.2 Å². The molecule has 1 fully saturated rings. The number of nitrogens with zero attached hydrogens (tertiary/aromatic N) is 3. The molecular weight excluding hydrogens is 320 g/mol. The monoisotopic (exact) mass is 342 g/mol. The first-order valence-corrected chi connectivity index (χ1v) is 9.29. The number of thioether (sulfide) groups is 1. The highest BCUT2D eigenvalue weighted by Crippen LogP contribution is 2.17. The summed E-state index contributed by atoms with van der Waals surface area (Å²) in [5, 5.41) is 2.97. The van der Waals surface area contributed by atoms with E-state index < -0.39 is 0 Å². The minimum Gasteiger partial charge on any atom is -0.354 e. The van der Waals surface area contributed by atoms with Gasteiger partial charge in [0.15, 0.2) is 0 Å². The molecule has 0 aliphatic carbocycles. The Labute approximate surface area is 147 Å². The summed E-state index contributed by atoms with van der Waals surface area (Å²) >= 11 is 1.69. The van der Waals surface area contributed by atoms with Crippen molar-refractivity contribution >= 4 is 29.2 Å². The number of carbonyl (C=O) groups is 1. The Hall–Kier alpha value is -2.05. The van der Waals surface area contributed by atoms with Crippen LogP contribution in [0.4, 0.5) is 11.5 Å². The predicted octanol–water partition coefficient (Wildman–Crippen LogP) is 2.56. The molecule has 0 saturated carbocycles. The number of hydrogen-bond donors (Lipinski definition) is 1. The summed E-state index contributed by atoms with van der Waals surface area (Å²) < 4.78 is 0. The van der Waals surface area contributed by atoms with Crippen molar-refractivity contribution in [1.82, 2.24) is 9.88 Å². The van der Waals surface area contributed by atoms with Gasteiger partial charge in [0.2, 0.25) is 5.91 Å². The molecule has 0 bridgehead atoms. The second-order valence-electron chi connectivity index (χ2n) is 5.73. The fourth-order valence-corrected chi connectivity index (χ4v) is 3.16. The van der Waals surface area contributed by atoms with Gasteiger partial charge in [0.05, 0.1) is 6.54 Å². The molecule has 1 amide bonds. The SMILES string of the molecule is CSc1ccc(NC(=O)CN2CCN(c3ccccn3)CC2)cc1. The standard InChI is InChI=1S/C18H22N4OS/c1-24-16-7-5-15(6-8-16)20-18(23)14-21-10-12-22(13-11-21)17-4-2-3-9-19-17/h2-9H,10-14H2,1H3,(H,20,23). The molecule has 1 aliphatic heterocycles. The van der Waals surface area contributed by atoms with E-state index in [4.69, 9.17) is 0 Å². The Morgan fingerprint density at radius 3 is 2.50 bits per heavy atom. The average Bonchev–Trinajstić information content (AvgIpc) is 2.64.